The molecule has 1 aliphatic rings. The van der Waals surface area contributed by atoms with Crippen LogP contribution >= 0.6 is 0 Å². The smallest absolute Gasteiger partial charge is 0.416 e. The summed E-state index contributed by atoms with van der Waals surface area (Å²) in [7, 11) is 1.54. The summed E-state index contributed by atoms with van der Waals surface area (Å²) in [6.45, 7) is 5.46. The number of cyclic esters (lactones) is 1. The molecule has 0 saturated carbocycles. The molecule has 0 aliphatic carbocycles. The largest absolute Gasteiger partial charge is 0.493 e. The van der Waals surface area contributed by atoms with Crippen molar-refractivity contribution in [2.75, 3.05) is 13.7 Å². The van der Waals surface area contributed by atoms with Crippen LogP contribution in [0.2, 0.25) is 0 Å². The Labute approximate surface area is 303 Å². The molecule has 11 nitrogen and oxygen atoms in total. The third-order valence-corrected chi connectivity index (χ3v) is 8.19. The second kappa shape index (κ2) is 17.4. The van der Waals surface area contributed by atoms with Crippen molar-refractivity contribution in [2.24, 2.45) is 0 Å². The molecule has 4 aromatic rings. The van der Waals surface area contributed by atoms with Crippen LogP contribution in [0.3, 0.4) is 0 Å². The molecule has 0 unspecified atom stereocenters. The molecule has 272 valence electrons. The van der Waals surface area contributed by atoms with Crippen LogP contribution in [0.15, 0.2) is 103 Å². The van der Waals surface area contributed by atoms with E-state index in [2.05, 4.69) is 5.32 Å². The van der Waals surface area contributed by atoms with E-state index in [1.807, 2.05) is 66.7 Å². The highest BCUT2D eigenvalue weighted by Gasteiger charge is 2.37. The predicted octanol–water partition coefficient (Wildman–Crippen LogP) is 7.19. The van der Waals surface area contributed by atoms with E-state index in [9.17, 15) is 19.2 Å². The van der Waals surface area contributed by atoms with E-state index in [1.54, 1.807) is 57.2 Å². The number of aryl methyl sites for hydroxylation is 1. The van der Waals surface area contributed by atoms with Gasteiger partial charge in [-0.1, -0.05) is 78.9 Å². The molecule has 0 aromatic heterocycles. The minimum Gasteiger partial charge on any atom is -0.493 e. The molecule has 2 atom stereocenters. The number of rotatable bonds is 14. The number of methoxy groups -OCH3 is 1. The number of hydrogen-bond donors (Lipinski definition) is 1. The summed E-state index contributed by atoms with van der Waals surface area (Å²) in [6.07, 6.45) is -0.202. The average molecular weight is 709 g/mol. The Balaban J connectivity index is 1.22. The maximum Gasteiger partial charge on any atom is 0.416 e. The van der Waals surface area contributed by atoms with Crippen LogP contribution in [0.4, 0.5) is 9.59 Å². The number of amides is 3. The van der Waals surface area contributed by atoms with Gasteiger partial charge in [0.1, 0.15) is 30.6 Å². The standard InChI is InChI=1S/C41H44N2O9/c1-41(2,3)52-39(46)42-34(38(45)49-26-31-13-9-6-10-14-31)24-29-15-19-33(20-16-29)51-36-25-30(17-21-35(36)48-4)18-22-37(44)43-32(27-50-40(43)47)23-28-11-7-5-8-12-28/h5-17,19-21,25,32,34H,18,22-24,26-27H2,1-4H3,(H,42,46)/t32-,34-/m0/s1. The molecule has 11 heteroatoms. The van der Waals surface area contributed by atoms with Crippen molar-refractivity contribution < 1.29 is 42.9 Å². The zero-order valence-electron chi connectivity index (χ0n) is 29.8. The molecule has 1 aliphatic heterocycles. The second-order valence-corrected chi connectivity index (χ2v) is 13.4. The van der Waals surface area contributed by atoms with E-state index in [1.165, 1.54) is 12.0 Å². The Morgan fingerprint density at radius 3 is 2.15 bits per heavy atom. The molecule has 3 amide bonds. The zero-order valence-corrected chi connectivity index (χ0v) is 29.8. The maximum absolute atomic E-state index is 13.2. The van der Waals surface area contributed by atoms with Gasteiger partial charge in [0, 0.05) is 12.8 Å². The molecular formula is C41H44N2O9. The van der Waals surface area contributed by atoms with Crippen molar-refractivity contribution in [3.05, 3.63) is 125 Å². The average Bonchev–Trinajstić information content (AvgIpc) is 3.49. The Morgan fingerprint density at radius 2 is 1.50 bits per heavy atom. The van der Waals surface area contributed by atoms with Crippen LogP contribution in [0.5, 0.6) is 17.2 Å². The monoisotopic (exact) mass is 708 g/mol. The molecule has 0 spiro atoms. The summed E-state index contributed by atoms with van der Waals surface area (Å²) >= 11 is 0. The van der Waals surface area contributed by atoms with Crippen molar-refractivity contribution in [1.82, 2.24) is 10.2 Å². The summed E-state index contributed by atoms with van der Waals surface area (Å²) in [5.41, 5.74) is 2.66. The lowest BCUT2D eigenvalue weighted by molar-refractivity contribution is -0.147. The van der Waals surface area contributed by atoms with Gasteiger partial charge in [-0.2, -0.15) is 0 Å². The van der Waals surface area contributed by atoms with Crippen molar-refractivity contribution in [2.45, 2.75) is 70.7 Å². The van der Waals surface area contributed by atoms with Crippen molar-refractivity contribution >= 4 is 24.1 Å². The number of benzene rings is 4. The van der Waals surface area contributed by atoms with E-state index < -0.39 is 29.8 Å². The lowest BCUT2D eigenvalue weighted by Gasteiger charge is -2.23. The first kappa shape index (κ1) is 37.4. The molecule has 1 heterocycles. The number of hydrogen-bond acceptors (Lipinski definition) is 9. The van der Waals surface area contributed by atoms with Crippen LogP contribution in [-0.2, 0) is 49.7 Å². The number of nitrogens with one attached hydrogen (secondary N) is 1. The number of esters is 1. The van der Waals surface area contributed by atoms with Gasteiger partial charge < -0.3 is 29.0 Å². The Kier molecular flexibility index (Phi) is 12.5. The highest BCUT2D eigenvalue weighted by atomic mass is 16.6. The van der Waals surface area contributed by atoms with E-state index in [4.69, 9.17) is 23.7 Å². The summed E-state index contributed by atoms with van der Waals surface area (Å²) in [4.78, 5) is 52.6. The third kappa shape index (κ3) is 10.8. The minimum absolute atomic E-state index is 0.0631. The van der Waals surface area contributed by atoms with Crippen LogP contribution < -0.4 is 14.8 Å². The summed E-state index contributed by atoms with van der Waals surface area (Å²) in [6, 6.07) is 30.1. The van der Waals surface area contributed by atoms with E-state index in [0.717, 1.165) is 22.3 Å². The fraction of sp³-hybridized carbons (Fsp3) is 0.317. The lowest BCUT2D eigenvalue weighted by atomic mass is 10.0. The molecule has 4 aromatic carbocycles. The van der Waals surface area contributed by atoms with Gasteiger partial charge in [-0.25, -0.2) is 19.3 Å². The van der Waals surface area contributed by atoms with Gasteiger partial charge in [-0.3, -0.25) is 4.79 Å². The maximum atomic E-state index is 13.2. The van der Waals surface area contributed by atoms with Gasteiger partial charge in [0.2, 0.25) is 5.91 Å². The van der Waals surface area contributed by atoms with Gasteiger partial charge in [0.15, 0.2) is 11.5 Å². The van der Waals surface area contributed by atoms with Crippen LogP contribution in [0.1, 0.15) is 49.4 Å². The topological polar surface area (TPSA) is 130 Å². The quantitative estimate of drug-likeness (QED) is 0.107. The summed E-state index contributed by atoms with van der Waals surface area (Å²) < 4.78 is 27.9. The van der Waals surface area contributed by atoms with Gasteiger partial charge >= 0.3 is 18.2 Å². The SMILES string of the molecule is COc1ccc(CCC(=O)N2C(=O)OC[C@@H]2Cc2ccccc2)cc1Oc1ccc(C[C@H](NC(=O)OC(C)(C)C)C(=O)OCc2ccccc2)cc1. The van der Waals surface area contributed by atoms with Crippen molar-refractivity contribution in [3.63, 3.8) is 0 Å². The van der Waals surface area contributed by atoms with E-state index in [-0.39, 0.29) is 38.0 Å². The first-order chi connectivity index (χ1) is 25.0. The first-order valence-electron chi connectivity index (χ1n) is 17.1. The summed E-state index contributed by atoms with van der Waals surface area (Å²) in [5, 5.41) is 2.65. The molecule has 52 heavy (non-hydrogen) atoms. The van der Waals surface area contributed by atoms with Crippen LogP contribution in [0.25, 0.3) is 0 Å². The minimum atomic E-state index is -0.999. The van der Waals surface area contributed by atoms with Gasteiger partial charge in [-0.15, -0.1) is 0 Å². The summed E-state index contributed by atoms with van der Waals surface area (Å²) in [5.74, 6) is 0.538. The normalized spacial score (nSPS) is 14.6. The van der Waals surface area contributed by atoms with Crippen molar-refractivity contribution in [1.29, 1.82) is 0 Å². The number of alkyl carbamates (subject to hydrolysis) is 1. The Morgan fingerprint density at radius 1 is 0.846 bits per heavy atom. The Bertz CT molecular complexity index is 1820. The van der Waals surface area contributed by atoms with E-state index in [0.29, 0.717) is 30.1 Å². The number of carbonyl (C=O) groups excluding carboxylic acids is 4. The molecule has 5 rings (SSSR count). The van der Waals surface area contributed by atoms with Crippen LogP contribution in [-0.4, -0.2) is 60.4 Å². The van der Waals surface area contributed by atoms with E-state index >= 15 is 0 Å². The highest BCUT2D eigenvalue weighted by Crippen LogP contribution is 2.33. The lowest BCUT2D eigenvalue weighted by Crippen LogP contribution is -2.45. The molecule has 1 fully saturated rings. The first-order valence-corrected chi connectivity index (χ1v) is 17.1. The number of carbonyl (C=O) groups is 4. The van der Waals surface area contributed by atoms with Gasteiger partial charge in [0.05, 0.1) is 13.2 Å². The number of nitrogens with zero attached hydrogens (tertiary/aromatic N) is 1. The molecule has 1 saturated heterocycles. The zero-order chi connectivity index (χ0) is 37.1. The fourth-order valence-corrected chi connectivity index (χ4v) is 5.66. The molecule has 0 bridgehead atoms. The van der Waals surface area contributed by atoms with Gasteiger partial charge in [-0.05, 0) is 80.1 Å². The number of imide groups is 1. The van der Waals surface area contributed by atoms with Crippen molar-refractivity contribution in [3.8, 4) is 17.2 Å². The number of ether oxygens (including phenoxy) is 5. The molecule has 1 N–H and O–H groups in total. The van der Waals surface area contributed by atoms with Gasteiger partial charge in [0.25, 0.3) is 0 Å². The highest BCUT2D eigenvalue weighted by molar-refractivity contribution is 5.93. The molecular weight excluding hydrogens is 664 g/mol. The third-order valence-electron chi connectivity index (χ3n) is 8.19. The fourth-order valence-electron chi connectivity index (χ4n) is 5.66. The Hall–Kier alpha value is -5.84. The predicted molar refractivity (Wildman–Crippen MR) is 193 cm³/mol. The second-order valence-electron chi connectivity index (χ2n) is 13.4. The molecule has 0 radical (unpaired) electrons. The van der Waals surface area contributed by atoms with Crippen LogP contribution in [0, 0.1) is 0 Å².